The van der Waals surface area contributed by atoms with Crippen molar-refractivity contribution in [3.8, 4) is 5.75 Å². The molecule has 0 aliphatic rings. The van der Waals surface area contributed by atoms with Gasteiger partial charge in [0.05, 0.1) is 24.8 Å². The van der Waals surface area contributed by atoms with Crippen LogP contribution in [0, 0.1) is 5.82 Å². The first-order chi connectivity index (χ1) is 8.73. The first kappa shape index (κ1) is 15.6. The number of ketones is 1. The zero-order valence-electron chi connectivity index (χ0n) is 11.7. The molecular weight excluding hydrogens is 249 g/mol. The van der Waals surface area contributed by atoms with Gasteiger partial charge in [0.25, 0.3) is 0 Å². The monoisotopic (exact) mass is 269 g/mol. The molecular formula is C14H20FNO3. The van der Waals surface area contributed by atoms with E-state index in [0.717, 1.165) is 0 Å². The molecule has 0 amide bonds. The van der Waals surface area contributed by atoms with Crippen molar-refractivity contribution in [3.05, 3.63) is 29.6 Å². The number of Topliss-reactive ketones (excluding diaryl/α,β-unsaturated/α-hetero) is 1. The highest BCUT2D eigenvalue weighted by Crippen LogP contribution is 2.20. The van der Waals surface area contributed by atoms with Crippen LogP contribution in [-0.4, -0.2) is 48.6 Å². The van der Waals surface area contributed by atoms with Gasteiger partial charge >= 0.3 is 0 Å². The van der Waals surface area contributed by atoms with Gasteiger partial charge in [0, 0.05) is 6.54 Å². The molecule has 1 rings (SSSR count). The fourth-order valence-electron chi connectivity index (χ4n) is 1.94. The molecule has 5 heteroatoms. The van der Waals surface area contributed by atoms with Crippen LogP contribution < -0.4 is 4.74 Å². The molecule has 0 aromatic heterocycles. The molecule has 0 aliphatic carbocycles. The highest BCUT2D eigenvalue weighted by atomic mass is 19.1. The lowest BCUT2D eigenvalue weighted by molar-refractivity contribution is 0.0439. The number of ether oxygens (including phenoxy) is 1. The number of aliphatic hydroxyl groups is 1. The molecule has 1 aromatic rings. The van der Waals surface area contributed by atoms with Crippen molar-refractivity contribution in [3.63, 3.8) is 0 Å². The Balaban J connectivity index is 2.81. The van der Waals surface area contributed by atoms with Gasteiger partial charge in [-0.25, -0.2) is 4.39 Å². The number of carbonyl (C=O) groups excluding carboxylic acids is 1. The second-order valence-corrected chi connectivity index (χ2v) is 5.25. The van der Waals surface area contributed by atoms with E-state index in [-0.39, 0.29) is 17.9 Å². The Kier molecular flexibility index (Phi) is 5.03. The molecule has 0 saturated heterocycles. The summed E-state index contributed by atoms with van der Waals surface area (Å²) in [5.41, 5.74) is -0.675. The van der Waals surface area contributed by atoms with Gasteiger partial charge in [0.2, 0.25) is 0 Å². The third-order valence-electron chi connectivity index (χ3n) is 2.53. The van der Waals surface area contributed by atoms with E-state index in [0.29, 0.717) is 12.3 Å². The van der Waals surface area contributed by atoms with E-state index in [1.165, 1.54) is 25.3 Å². The predicted molar refractivity (Wildman–Crippen MR) is 71.1 cm³/mol. The Bertz CT molecular complexity index is 454. The number of nitrogens with zero attached hydrogens (tertiary/aromatic N) is 1. The van der Waals surface area contributed by atoms with Gasteiger partial charge in [0.15, 0.2) is 5.78 Å². The first-order valence-corrected chi connectivity index (χ1v) is 6.00. The largest absolute Gasteiger partial charge is 0.496 e. The minimum atomic E-state index is -0.888. The molecule has 0 spiro atoms. The lowest BCUT2D eigenvalue weighted by Gasteiger charge is -2.25. The molecule has 0 radical (unpaired) electrons. The van der Waals surface area contributed by atoms with Crippen LogP contribution in [0.2, 0.25) is 0 Å². The topological polar surface area (TPSA) is 49.8 Å². The van der Waals surface area contributed by atoms with Crippen molar-refractivity contribution in [1.29, 1.82) is 0 Å². The fraction of sp³-hybridized carbons (Fsp3) is 0.500. The van der Waals surface area contributed by atoms with E-state index in [4.69, 9.17) is 4.74 Å². The van der Waals surface area contributed by atoms with Crippen molar-refractivity contribution in [1.82, 2.24) is 4.90 Å². The zero-order valence-corrected chi connectivity index (χ0v) is 11.7. The summed E-state index contributed by atoms with van der Waals surface area (Å²) in [5.74, 6) is -0.375. The number of halogens is 1. The maximum Gasteiger partial charge on any atom is 0.180 e. The maximum absolute atomic E-state index is 13.2. The molecule has 1 aromatic carbocycles. The molecule has 0 fully saturated rings. The van der Waals surface area contributed by atoms with Crippen molar-refractivity contribution in [2.24, 2.45) is 0 Å². The molecule has 0 unspecified atom stereocenters. The minimum absolute atomic E-state index is 0.0871. The number of likely N-dealkylation sites (N-methyl/N-ethyl adjacent to an activating group) is 1. The maximum atomic E-state index is 13.2. The smallest absolute Gasteiger partial charge is 0.180 e. The molecule has 19 heavy (non-hydrogen) atoms. The van der Waals surface area contributed by atoms with Crippen molar-refractivity contribution >= 4 is 5.78 Å². The Hall–Kier alpha value is -1.46. The Labute approximate surface area is 112 Å². The summed E-state index contributed by atoms with van der Waals surface area (Å²) in [5, 5.41) is 9.68. The molecule has 0 heterocycles. The summed E-state index contributed by atoms with van der Waals surface area (Å²) in [4.78, 5) is 13.8. The molecule has 0 atom stereocenters. The molecule has 106 valence electrons. The summed E-state index contributed by atoms with van der Waals surface area (Å²) < 4.78 is 18.2. The van der Waals surface area contributed by atoms with E-state index in [1.807, 2.05) is 0 Å². The third kappa shape index (κ3) is 4.96. The van der Waals surface area contributed by atoms with E-state index >= 15 is 0 Å². The SMILES string of the molecule is COc1ccc(F)cc1C(=O)CN(C)CC(C)(C)O. The van der Waals surface area contributed by atoms with Gasteiger partial charge in [-0.1, -0.05) is 0 Å². The van der Waals surface area contributed by atoms with Gasteiger partial charge in [-0.05, 0) is 39.1 Å². The molecule has 0 aliphatic heterocycles. The van der Waals surface area contributed by atoms with Crippen LogP contribution >= 0.6 is 0 Å². The third-order valence-corrected chi connectivity index (χ3v) is 2.53. The Morgan fingerprint density at radius 1 is 1.47 bits per heavy atom. The Morgan fingerprint density at radius 3 is 2.63 bits per heavy atom. The van der Waals surface area contributed by atoms with Crippen molar-refractivity contribution < 1.29 is 19.0 Å². The Morgan fingerprint density at radius 2 is 2.11 bits per heavy atom. The molecule has 1 N–H and O–H groups in total. The standard InChI is InChI=1S/C14H20FNO3/c1-14(2,18)9-16(3)8-12(17)11-7-10(15)5-6-13(11)19-4/h5-7,18H,8-9H2,1-4H3. The average molecular weight is 269 g/mol. The lowest BCUT2D eigenvalue weighted by Crippen LogP contribution is -2.38. The summed E-state index contributed by atoms with van der Waals surface area (Å²) in [6, 6.07) is 3.84. The number of hydrogen-bond donors (Lipinski definition) is 1. The lowest BCUT2D eigenvalue weighted by atomic mass is 10.1. The summed E-state index contributed by atoms with van der Waals surface area (Å²) in [6.45, 7) is 3.76. The minimum Gasteiger partial charge on any atom is -0.496 e. The molecule has 0 saturated carbocycles. The number of rotatable bonds is 6. The van der Waals surface area contributed by atoms with Gasteiger partial charge in [-0.3, -0.25) is 9.69 Å². The molecule has 0 bridgehead atoms. The second-order valence-electron chi connectivity index (χ2n) is 5.25. The summed E-state index contributed by atoms with van der Waals surface area (Å²) in [7, 11) is 3.16. The number of carbonyl (C=O) groups is 1. The number of methoxy groups -OCH3 is 1. The van der Waals surface area contributed by atoms with Crippen LogP contribution in [0.1, 0.15) is 24.2 Å². The van der Waals surface area contributed by atoms with Gasteiger partial charge in [-0.15, -0.1) is 0 Å². The van der Waals surface area contributed by atoms with E-state index in [2.05, 4.69) is 0 Å². The quantitative estimate of drug-likeness (QED) is 0.799. The van der Waals surface area contributed by atoms with Crippen LogP contribution in [0.4, 0.5) is 4.39 Å². The van der Waals surface area contributed by atoms with E-state index < -0.39 is 11.4 Å². The van der Waals surface area contributed by atoms with Crippen LogP contribution in [0.25, 0.3) is 0 Å². The van der Waals surface area contributed by atoms with Crippen molar-refractivity contribution in [2.45, 2.75) is 19.4 Å². The fourth-order valence-corrected chi connectivity index (χ4v) is 1.94. The highest BCUT2D eigenvalue weighted by Gasteiger charge is 2.20. The average Bonchev–Trinajstić information content (AvgIpc) is 2.26. The first-order valence-electron chi connectivity index (χ1n) is 6.00. The molecule has 4 nitrogen and oxygen atoms in total. The number of benzene rings is 1. The van der Waals surface area contributed by atoms with Crippen LogP contribution in [0.15, 0.2) is 18.2 Å². The predicted octanol–water partition coefficient (Wildman–Crippen LogP) is 1.72. The summed E-state index contributed by atoms with van der Waals surface area (Å²) >= 11 is 0. The highest BCUT2D eigenvalue weighted by molar-refractivity contribution is 6.00. The summed E-state index contributed by atoms with van der Waals surface area (Å²) in [6.07, 6.45) is 0. The van der Waals surface area contributed by atoms with Gasteiger partial charge in [-0.2, -0.15) is 0 Å². The second kappa shape index (κ2) is 6.12. The van der Waals surface area contributed by atoms with Crippen molar-refractivity contribution in [2.75, 3.05) is 27.2 Å². The van der Waals surface area contributed by atoms with E-state index in [1.54, 1.807) is 25.8 Å². The zero-order chi connectivity index (χ0) is 14.6. The van der Waals surface area contributed by atoms with Gasteiger partial charge in [0.1, 0.15) is 11.6 Å². The van der Waals surface area contributed by atoms with E-state index in [9.17, 15) is 14.3 Å². The normalized spacial score (nSPS) is 11.7. The van der Waals surface area contributed by atoms with Gasteiger partial charge < -0.3 is 9.84 Å². The van der Waals surface area contributed by atoms with Crippen LogP contribution in [-0.2, 0) is 0 Å². The van der Waals surface area contributed by atoms with Crippen LogP contribution in [0.3, 0.4) is 0 Å². The van der Waals surface area contributed by atoms with Crippen LogP contribution in [0.5, 0.6) is 5.75 Å². The number of hydrogen-bond acceptors (Lipinski definition) is 4.